The highest BCUT2D eigenvalue weighted by Crippen LogP contribution is 2.38. The van der Waals surface area contributed by atoms with Gasteiger partial charge in [-0.05, 0) is 42.5 Å². The third-order valence-corrected chi connectivity index (χ3v) is 7.30. The van der Waals surface area contributed by atoms with Gasteiger partial charge in [0.25, 0.3) is 5.91 Å². The maximum Gasteiger partial charge on any atom is 0.328 e. The number of benzene rings is 2. The Bertz CT molecular complexity index is 1130. The van der Waals surface area contributed by atoms with E-state index in [1.807, 2.05) is 48.5 Å². The van der Waals surface area contributed by atoms with Crippen LogP contribution in [0.2, 0.25) is 0 Å². The molecule has 2 fully saturated rings. The Balaban J connectivity index is 1.30. The molecule has 0 aromatic heterocycles. The zero-order valence-electron chi connectivity index (χ0n) is 20.5. The molecule has 2 aromatic rings. The minimum atomic E-state index is -0.941. The SMILES string of the molecule is COC(=O)CN1C(=O)N(CCc2ccccc2)C2(CCN(Cc3ccc4c(c3)OCCO4)CC2)C1=O. The Morgan fingerprint density at radius 3 is 2.42 bits per heavy atom. The highest BCUT2D eigenvalue weighted by Gasteiger charge is 2.58. The monoisotopic (exact) mass is 493 g/mol. The molecule has 0 bridgehead atoms. The van der Waals surface area contributed by atoms with Crippen LogP contribution >= 0.6 is 0 Å². The number of esters is 1. The molecule has 0 aliphatic carbocycles. The summed E-state index contributed by atoms with van der Waals surface area (Å²) in [6.07, 6.45) is 1.65. The number of nitrogens with zero attached hydrogens (tertiary/aromatic N) is 3. The second-order valence-electron chi connectivity index (χ2n) is 9.42. The van der Waals surface area contributed by atoms with Crippen LogP contribution in [0, 0.1) is 0 Å². The van der Waals surface area contributed by atoms with E-state index in [1.54, 1.807) is 4.90 Å². The average molecular weight is 494 g/mol. The van der Waals surface area contributed by atoms with Gasteiger partial charge in [0.15, 0.2) is 11.5 Å². The van der Waals surface area contributed by atoms with Crippen molar-refractivity contribution in [2.24, 2.45) is 0 Å². The lowest BCUT2D eigenvalue weighted by molar-refractivity contribution is -0.146. The lowest BCUT2D eigenvalue weighted by atomic mass is 9.85. The molecule has 3 aliphatic heterocycles. The molecule has 9 nitrogen and oxygen atoms in total. The zero-order chi connectivity index (χ0) is 25.1. The van der Waals surface area contributed by atoms with Crippen molar-refractivity contribution >= 4 is 17.9 Å². The van der Waals surface area contributed by atoms with Crippen LogP contribution in [0.1, 0.15) is 24.0 Å². The van der Waals surface area contributed by atoms with Gasteiger partial charge in [-0.15, -0.1) is 0 Å². The number of methoxy groups -OCH3 is 1. The van der Waals surface area contributed by atoms with E-state index < -0.39 is 17.5 Å². The summed E-state index contributed by atoms with van der Waals surface area (Å²) in [5, 5.41) is 0. The van der Waals surface area contributed by atoms with Crippen LogP contribution in [0.4, 0.5) is 4.79 Å². The van der Waals surface area contributed by atoms with Crippen molar-refractivity contribution in [3.05, 3.63) is 59.7 Å². The van der Waals surface area contributed by atoms with Crippen LogP contribution < -0.4 is 9.47 Å². The largest absolute Gasteiger partial charge is 0.486 e. The van der Waals surface area contributed by atoms with E-state index in [1.165, 1.54) is 7.11 Å². The summed E-state index contributed by atoms with van der Waals surface area (Å²) in [7, 11) is 1.26. The first-order chi connectivity index (χ1) is 17.5. The first kappa shape index (κ1) is 24.1. The van der Waals surface area contributed by atoms with E-state index in [9.17, 15) is 14.4 Å². The van der Waals surface area contributed by atoms with Gasteiger partial charge in [0, 0.05) is 26.2 Å². The van der Waals surface area contributed by atoms with Gasteiger partial charge in [-0.1, -0.05) is 36.4 Å². The molecule has 0 saturated carbocycles. The number of fused-ring (bicyclic) bond motifs is 1. The number of urea groups is 1. The van der Waals surface area contributed by atoms with Crippen molar-refractivity contribution in [2.75, 3.05) is 46.5 Å². The number of hydrogen-bond acceptors (Lipinski definition) is 7. The van der Waals surface area contributed by atoms with Gasteiger partial charge in [-0.25, -0.2) is 4.79 Å². The summed E-state index contributed by atoms with van der Waals surface area (Å²) in [6, 6.07) is 15.5. The molecule has 3 aliphatic rings. The van der Waals surface area contributed by atoms with Crippen molar-refractivity contribution in [1.29, 1.82) is 0 Å². The highest BCUT2D eigenvalue weighted by atomic mass is 16.6. The predicted molar refractivity (Wildman–Crippen MR) is 131 cm³/mol. The van der Waals surface area contributed by atoms with Gasteiger partial charge >= 0.3 is 12.0 Å². The molecule has 0 atom stereocenters. The van der Waals surface area contributed by atoms with Crippen LogP contribution in [0.5, 0.6) is 11.5 Å². The van der Waals surface area contributed by atoms with Crippen molar-refractivity contribution in [3.63, 3.8) is 0 Å². The van der Waals surface area contributed by atoms with Gasteiger partial charge in [-0.2, -0.15) is 0 Å². The smallest absolute Gasteiger partial charge is 0.328 e. The maximum atomic E-state index is 13.6. The summed E-state index contributed by atoms with van der Waals surface area (Å²) in [5.74, 6) is 0.615. The molecule has 9 heteroatoms. The van der Waals surface area contributed by atoms with Crippen LogP contribution in [0.3, 0.4) is 0 Å². The van der Waals surface area contributed by atoms with E-state index in [0.717, 1.165) is 27.5 Å². The van der Waals surface area contributed by atoms with E-state index in [0.29, 0.717) is 58.7 Å². The quantitative estimate of drug-likeness (QED) is 0.433. The first-order valence-corrected chi connectivity index (χ1v) is 12.4. The Morgan fingerprint density at radius 2 is 1.69 bits per heavy atom. The molecule has 190 valence electrons. The van der Waals surface area contributed by atoms with Gasteiger partial charge in [0.05, 0.1) is 7.11 Å². The van der Waals surface area contributed by atoms with Gasteiger partial charge in [-0.3, -0.25) is 19.4 Å². The molecule has 0 N–H and O–H groups in total. The topological polar surface area (TPSA) is 88.6 Å². The molecular weight excluding hydrogens is 462 g/mol. The number of carbonyl (C=O) groups excluding carboxylic acids is 3. The average Bonchev–Trinajstić information content (AvgIpc) is 3.10. The number of rotatable bonds is 7. The van der Waals surface area contributed by atoms with Gasteiger partial charge in [0.1, 0.15) is 25.3 Å². The van der Waals surface area contributed by atoms with Crippen LogP contribution in [0.15, 0.2) is 48.5 Å². The summed E-state index contributed by atoms with van der Waals surface area (Å²) < 4.78 is 16.1. The molecule has 1 spiro atoms. The number of imide groups is 1. The van der Waals surface area contributed by atoms with E-state index in [2.05, 4.69) is 4.90 Å². The Hall–Kier alpha value is -3.59. The molecule has 0 radical (unpaired) electrons. The summed E-state index contributed by atoms with van der Waals surface area (Å²) >= 11 is 0. The predicted octanol–water partition coefficient (Wildman–Crippen LogP) is 2.47. The molecule has 2 saturated heterocycles. The summed E-state index contributed by atoms with van der Waals surface area (Å²) in [6.45, 7) is 3.17. The summed E-state index contributed by atoms with van der Waals surface area (Å²) in [5.41, 5.74) is 1.26. The normalized spacial score (nSPS) is 19.1. The molecule has 2 aromatic carbocycles. The van der Waals surface area contributed by atoms with Crippen molar-refractivity contribution in [2.45, 2.75) is 31.3 Å². The number of ether oxygens (including phenoxy) is 3. The third-order valence-electron chi connectivity index (χ3n) is 7.30. The molecule has 5 rings (SSSR count). The Morgan fingerprint density at radius 1 is 0.972 bits per heavy atom. The molecule has 36 heavy (non-hydrogen) atoms. The first-order valence-electron chi connectivity index (χ1n) is 12.4. The number of hydrogen-bond donors (Lipinski definition) is 0. The minimum Gasteiger partial charge on any atom is -0.486 e. The lowest BCUT2D eigenvalue weighted by Crippen LogP contribution is -2.56. The summed E-state index contributed by atoms with van der Waals surface area (Å²) in [4.78, 5) is 43.9. The fourth-order valence-electron chi connectivity index (χ4n) is 5.32. The van der Waals surface area contributed by atoms with E-state index in [-0.39, 0.29) is 12.5 Å². The number of likely N-dealkylation sites (tertiary alicyclic amines) is 1. The molecular formula is C27H31N3O6. The van der Waals surface area contributed by atoms with E-state index in [4.69, 9.17) is 14.2 Å². The Labute approximate surface area is 210 Å². The highest BCUT2D eigenvalue weighted by molar-refractivity contribution is 6.08. The van der Waals surface area contributed by atoms with Crippen LogP contribution in [-0.4, -0.2) is 84.6 Å². The van der Waals surface area contributed by atoms with Gasteiger partial charge in [0.2, 0.25) is 0 Å². The lowest BCUT2D eigenvalue weighted by Gasteiger charge is -2.42. The van der Waals surface area contributed by atoms with Crippen LogP contribution in [0.25, 0.3) is 0 Å². The Kier molecular flexibility index (Phi) is 6.82. The van der Waals surface area contributed by atoms with Crippen LogP contribution in [-0.2, 0) is 27.3 Å². The zero-order valence-corrected chi connectivity index (χ0v) is 20.5. The molecule has 3 heterocycles. The number of piperidine rings is 1. The molecule has 0 unspecified atom stereocenters. The third kappa shape index (κ3) is 4.63. The molecule has 3 amide bonds. The van der Waals surface area contributed by atoms with E-state index >= 15 is 0 Å². The van der Waals surface area contributed by atoms with Crippen molar-refractivity contribution in [3.8, 4) is 11.5 Å². The maximum absolute atomic E-state index is 13.6. The number of amides is 3. The van der Waals surface area contributed by atoms with Crippen molar-refractivity contribution in [1.82, 2.24) is 14.7 Å². The standard InChI is InChI=1S/C27H31N3O6/c1-34-24(31)19-29-25(32)27(30(26(29)33)12-9-20-5-3-2-4-6-20)10-13-28(14-11-27)18-21-7-8-22-23(17-21)36-16-15-35-22/h2-8,17H,9-16,18-19H2,1H3. The second-order valence-corrected chi connectivity index (χ2v) is 9.42. The minimum absolute atomic E-state index is 0.301. The van der Waals surface area contributed by atoms with Gasteiger partial charge < -0.3 is 19.1 Å². The fourth-order valence-corrected chi connectivity index (χ4v) is 5.32. The second kappa shape index (κ2) is 10.2. The fraction of sp³-hybridized carbons (Fsp3) is 0.444. The number of carbonyl (C=O) groups is 3. The van der Waals surface area contributed by atoms with Crippen molar-refractivity contribution < 1.29 is 28.6 Å².